The molecule has 0 aromatic carbocycles. The van der Waals surface area contributed by atoms with Crippen LogP contribution in [0.15, 0.2) is 24.3 Å². The molecule has 1 aliphatic rings. The summed E-state index contributed by atoms with van der Waals surface area (Å²) in [4.78, 5) is 13.0. The summed E-state index contributed by atoms with van der Waals surface area (Å²) in [5, 5.41) is 75.3. The van der Waals surface area contributed by atoms with E-state index in [1.165, 1.54) is 96.3 Å². The molecular weight excluding hydrogens is 702 g/mol. The molecule has 1 heterocycles. The van der Waals surface area contributed by atoms with Crippen molar-refractivity contribution in [3.05, 3.63) is 24.3 Å². The summed E-state index contributed by atoms with van der Waals surface area (Å²) in [5.74, 6) is -0.714. The van der Waals surface area contributed by atoms with Gasteiger partial charge in [0.15, 0.2) is 6.29 Å². The molecule has 11 heteroatoms. The highest BCUT2D eigenvalue weighted by atomic mass is 16.7. The summed E-state index contributed by atoms with van der Waals surface area (Å²) in [7, 11) is 0. The summed E-state index contributed by atoms with van der Waals surface area (Å²) in [6.07, 6.45) is 25.3. The summed E-state index contributed by atoms with van der Waals surface area (Å²) in [5.41, 5.74) is 0. The average molecular weight is 786 g/mol. The lowest BCUT2D eigenvalue weighted by molar-refractivity contribution is -0.303. The predicted octanol–water partition coefficient (Wildman–Crippen LogP) is 6.67. The van der Waals surface area contributed by atoms with Crippen molar-refractivity contribution in [1.82, 2.24) is 5.32 Å². The van der Waals surface area contributed by atoms with Gasteiger partial charge in [-0.05, 0) is 51.4 Å². The van der Waals surface area contributed by atoms with Crippen molar-refractivity contribution < 1.29 is 50.0 Å². The number of carbonyl (C=O) groups excluding carboxylic acids is 1. The number of aliphatic hydroxyl groups is 7. The van der Waals surface area contributed by atoms with Crippen molar-refractivity contribution >= 4 is 5.91 Å². The molecule has 9 unspecified atom stereocenters. The zero-order valence-corrected chi connectivity index (χ0v) is 34.7. The second-order valence-electron chi connectivity index (χ2n) is 15.8. The number of rotatable bonds is 36. The Morgan fingerprint density at radius 3 is 1.62 bits per heavy atom. The Labute approximate surface area is 334 Å². The van der Waals surface area contributed by atoms with Crippen LogP contribution < -0.4 is 5.32 Å². The van der Waals surface area contributed by atoms with Gasteiger partial charge in [0.2, 0.25) is 5.91 Å². The zero-order valence-electron chi connectivity index (χ0n) is 34.7. The number of carbonyl (C=O) groups is 1. The van der Waals surface area contributed by atoms with Gasteiger partial charge in [0.05, 0.1) is 25.4 Å². The Morgan fingerprint density at radius 2 is 1.09 bits per heavy atom. The number of unbranched alkanes of at least 4 members (excludes halogenated alkanes) is 20. The largest absolute Gasteiger partial charge is 0.394 e. The van der Waals surface area contributed by atoms with Gasteiger partial charge < -0.3 is 50.5 Å². The fraction of sp³-hybridized carbons (Fsp3) is 0.886. The summed E-state index contributed by atoms with van der Waals surface area (Å²) in [6, 6.07) is -1.18. The van der Waals surface area contributed by atoms with Gasteiger partial charge in [-0.1, -0.05) is 154 Å². The van der Waals surface area contributed by atoms with E-state index in [2.05, 4.69) is 43.5 Å². The first-order valence-corrected chi connectivity index (χ1v) is 22.2. The highest BCUT2D eigenvalue weighted by Crippen LogP contribution is 2.23. The minimum Gasteiger partial charge on any atom is -0.394 e. The minimum absolute atomic E-state index is 0.248. The normalized spacial score (nSPS) is 22.7. The maximum absolute atomic E-state index is 13.0. The first-order valence-electron chi connectivity index (χ1n) is 22.2. The molecule has 0 aromatic rings. The van der Waals surface area contributed by atoms with E-state index in [-0.39, 0.29) is 12.8 Å². The molecule has 55 heavy (non-hydrogen) atoms. The molecule has 9 atom stereocenters. The summed E-state index contributed by atoms with van der Waals surface area (Å²) < 4.78 is 11.0. The van der Waals surface area contributed by atoms with Crippen LogP contribution in [0.4, 0.5) is 0 Å². The summed E-state index contributed by atoms with van der Waals surface area (Å²) >= 11 is 0. The average Bonchev–Trinajstić information content (AvgIpc) is 3.18. The van der Waals surface area contributed by atoms with Crippen molar-refractivity contribution in [2.75, 3.05) is 13.2 Å². The van der Waals surface area contributed by atoms with E-state index in [0.29, 0.717) is 19.3 Å². The molecule has 11 nitrogen and oxygen atoms in total. The minimum atomic E-state index is -1.67. The van der Waals surface area contributed by atoms with Crippen LogP contribution >= 0.6 is 0 Å². The van der Waals surface area contributed by atoms with Crippen LogP contribution in [-0.2, 0) is 14.3 Å². The number of nitrogens with one attached hydrogen (secondary N) is 1. The van der Waals surface area contributed by atoms with E-state index in [4.69, 9.17) is 9.47 Å². The third-order valence-corrected chi connectivity index (χ3v) is 10.7. The van der Waals surface area contributed by atoms with Gasteiger partial charge >= 0.3 is 0 Å². The second kappa shape index (κ2) is 34.6. The first kappa shape index (κ1) is 51.6. The fourth-order valence-corrected chi connectivity index (χ4v) is 6.98. The third-order valence-electron chi connectivity index (χ3n) is 10.7. The van der Waals surface area contributed by atoms with Crippen LogP contribution in [-0.4, -0.2) is 110 Å². The molecule has 1 amide bonds. The molecule has 0 radical (unpaired) electrons. The van der Waals surface area contributed by atoms with E-state index in [1.54, 1.807) is 0 Å². The quantitative estimate of drug-likeness (QED) is 0.0252. The van der Waals surface area contributed by atoms with Crippen molar-refractivity contribution in [2.24, 2.45) is 0 Å². The lowest BCUT2D eigenvalue weighted by atomic mass is 9.98. The zero-order chi connectivity index (χ0) is 40.5. The first-order chi connectivity index (χ1) is 26.7. The highest BCUT2D eigenvalue weighted by Gasteiger charge is 2.44. The topological polar surface area (TPSA) is 189 Å². The molecule has 0 aromatic heterocycles. The summed E-state index contributed by atoms with van der Waals surface area (Å²) in [6.45, 7) is 3.37. The predicted molar refractivity (Wildman–Crippen MR) is 219 cm³/mol. The number of amides is 1. The van der Waals surface area contributed by atoms with Crippen LogP contribution in [0.25, 0.3) is 0 Å². The Morgan fingerprint density at radius 1 is 0.618 bits per heavy atom. The third kappa shape index (κ3) is 24.9. The van der Waals surface area contributed by atoms with Crippen LogP contribution in [0.3, 0.4) is 0 Å². The lowest BCUT2D eigenvalue weighted by Gasteiger charge is -2.40. The van der Waals surface area contributed by atoms with Gasteiger partial charge in [-0.15, -0.1) is 0 Å². The maximum atomic E-state index is 13.0. The number of ether oxygens (including phenoxy) is 2. The van der Waals surface area contributed by atoms with Gasteiger partial charge in [0, 0.05) is 0 Å². The Hall–Kier alpha value is -1.41. The maximum Gasteiger partial charge on any atom is 0.249 e. The standard InChI is InChI=1S/C44H83NO10/c1-3-5-7-9-11-13-14-15-16-17-18-19-20-21-22-24-25-27-29-31-36(47)39(49)35(34-54-44-42(52)41(51)40(50)38(33-46)55-44)45-43(53)37(48)32-30-28-26-23-12-10-8-6-4-2/h19-20,24-25,35-42,44,46-52H,3-18,21-23,26-34H2,1-2H3,(H,45,53)/b20-19+,25-24+. The van der Waals surface area contributed by atoms with Crippen LogP contribution in [0.5, 0.6) is 0 Å². The van der Waals surface area contributed by atoms with E-state index in [0.717, 1.165) is 38.5 Å². The molecule has 1 saturated heterocycles. The van der Waals surface area contributed by atoms with E-state index >= 15 is 0 Å². The highest BCUT2D eigenvalue weighted by molar-refractivity contribution is 5.80. The molecule has 0 spiro atoms. The number of aliphatic hydroxyl groups excluding tert-OH is 7. The smallest absolute Gasteiger partial charge is 0.249 e. The Kier molecular flexibility index (Phi) is 32.5. The second-order valence-corrected chi connectivity index (χ2v) is 15.8. The van der Waals surface area contributed by atoms with Gasteiger partial charge in [-0.3, -0.25) is 4.79 Å². The Balaban J connectivity index is 2.48. The van der Waals surface area contributed by atoms with Gasteiger partial charge in [0.1, 0.15) is 36.6 Å². The SMILES string of the molecule is CCCCCCCCCCCC/C=C/CC/C=C/CCCC(O)C(O)C(COC1OC(CO)C(O)C(O)C1O)NC(=O)C(O)CCCCCCCCCCC. The van der Waals surface area contributed by atoms with E-state index < -0.39 is 74.2 Å². The van der Waals surface area contributed by atoms with Crippen LogP contribution in [0.2, 0.25) is 0 Å². The Bertz CT molecular complexity index is 950. The molecule has 1 rings (SSSR count). The van der Waals surface area contributed by atoms with Gasteiger partial charge in [-0.2, -0.15) is 0 Å². The molecule has 0 aliphatic carbocycles. The van der Waals surface area contributed by atoms with Crippen molar-refractivity contribution in [1.29, 1.82) is 0 Å². The molecule has 1 aliphatic heterocycles. The van der Waals surface area contributed by atoms with Gasteiger partial charge in [0.25, 0.3) is 0 Å². The van der Waals surface area contributed by atoms with Crippen molar-refractivity contribution in [3.8, 4) is 0 Å². The number of hydrogen-bond donors (Lipinski definition) is 8. The van der Waals surface area contributed by atoms with Crippen molar-refractivity contribution in [3.63, 3.8) is 0 Å². The van der Waals surface area contributed by atoms with Crippen molar-refractivity contribution in [2.45, 2.75) is 236 Å². The molecule has 1 fully saturated rings. The monoisotopic (exact) mass is 786 g/mol. The lowest BCUT2D eigenvalue weighted by Crippen LogP contribution is -2.60. The van der Waals surface area contributed by atoms with Gasteiger partial charge in [-0.25, -0.2) is 0 Å². The molecule has 8 N–H and O–H groups in total. The molecular formula is C44H83NO10. The number of hydrogen-bond acceptors (Lipinski definition) is 10. The van der Waals surface area contributed by atoms with Crippen LogP contribution in [0, 0.1) is 0 Å². The molecule has 0 bridgehead atoms. The molecule has 324 valence electrons. The van der Waals surface area contributed by atoms with E-state index in [9.17, 15) is 40.5 Å². The van der Waals surface area contributed by atoms with Crippen LogP contribution in [0.1, 0.15) is 181 Å². The fourth-order valence-electron chi connectivity index (χ4n) is 6.98. The van der Waals surface area contributed by atoms with E-state index in [1.807, 2.05) is 0 Å². The number of allylic oxidation sites excluding steroid dienone is 4. The molecule has 0 saturated carbocycles.